The van der Waals surface area contributed by atoms with Crippen LogP contribution in [0, 0.1) is 0 Å². The van der Waals surface area contributed by atoms with E-state index in [1.165, 1.54) is 24.3 Å². The Labute approximate surface area is 141 Å². The van der Waals surface area contributed by atoms with Gasteiger partial charge in [-0.05, 0) is 41.5 Å². The highest BCUT2D eigenvalue weighted by molar-refractivity contribution is 5.91. The van der Waals surface area contributed by atoms with Crippen molar-refractivity contribution in [3.05, 3.63) is 65.2 Å². The Hall–Kier alpha value is -2.96. The highest BCUT2D eigenvalue weighted by Gasteiger charge is 2.30. The van der Waals surface area contributed by atoms with Crippen LogP contribution in [0.2, 0.25) is 0 Å². The first-order valence-corrected chi connectivity index (χ1v) is 7.43. The van der Waals surface area contributed by atoms with E-state index in [2.05, 4.69) is 5.32 Å². The number of ether oxygens (including phenoxy) is 2. The van der Waals surface area contributed by atoms with Crippen LogP contribution < -0.4 is 14.8 Å². The first kappa shape index (κ1) is 16.9. The third kappa shape index (κ3) is 4.32. The van der Waals surface area contributed by atoms with E-state index in [0.717, 1.165) is 17.7 Å². The van der Waals surface area contributed by atoms with Gasteiger partial charge in [0.05, 0.1) is 5.56 Å². The van der Waals surface area contributed by atoms with Crippen molar-refractivity contribution in [2.75, 3.05) is 6.79 Å². The summed E-state index contributed by atoms with van der Waals surface area (Å²) in [5, 5.41) is 2.66. The number of halogens is 3. The van der Waals surface area contributed by atoms with Crippen LogP contribution in [0.5, 0.6) is 11.5 Å². The maximum absolute atomic E-state index is 12.6. The van der Waals surface area contributed by atoms with Crippen molar-refractivity contribution in [2.45, 2.75) is 12.7 Å². The topological polar surface area (TPSA) is 47.6 Å². The van der Waals surface area contributed by atoms with Gasteiger partial charge in [0.2, 0.25) is 12.7 Å². The molecule has 4 nitrogen and oxygen atoms in total. The molecule has 130 valence electrons. The van der Waals surface area contributed by atoms with Gasteiger partial charge < -0.3 is 14.8 Å². The van der Waals surface area contributed by atoms with Gasteiger partial charge in [0, 0.05) is 12.6 Å². The zero-order valence-corrected chi connectivity index (χ0v) is 13.0. The zero-order valence-electron chi connectivity index (χ0n) is 13.0. The number of rotatable bonds is 4. The van der Waals surface area contributed by atoms with Gasteiger partial charge in [0.15, 0.2) is 11.5 Å². The summed E-state index contributed by atoms with van der Waals surface area (Å²) in [6, 6.07) is 10.1. The van der Waals surface area contributed by atoms with Crippen molar-refractivity contribution in [2.24, 2.45) is 0 Å². The van der Waals surface area contributed by atoms with Gasteiger partial charge in [-0.2, -0.15) is 13.2 Å². The van der Waals surface area contributed by atoms with E-state index in [9.17, 15) is 18.0 Å². The van der Waals surface area contributed by atoms with Crippen LogP contribution in [0.3, 0.4) is 0 Å². The molecule has 2 aromatic carbocycles. The van der Waals surface area contributed by atoms with Crippen molar-refractivity contribution in [1.82, 2.24) is 5.32 Å². The number of nitrogens with one attached hydrogen (secondary N) is 1. The first-order valence-electron chi connectivity index (χ1n) is 7.43. The summed E-state index contributed by atoms with van der Waals surface area (Å²) in [6.07, 6.45) is -1.88. The van der Waals surface area contributed by atoms with E-state index in [1.54, 1.807) is 18.2 Å². The van der Waals surface area contributed by atoms with Crippen molar-refractivity contribution in [3.8, 4) is 11.5 Å². The second-order valence-corrected chi connectivity index (χ2v) is 5.36. The molecule has 2 aromatic rings. The molecule has 1 aliphatic rings. The van der Waals surface area contributed by atoms with Crippen LogP contribution in [0.25, 0.3) is 6.08 Å². The number of alkyl halides is 3. The van der Waals surface area contributed by atoms with Crippen molar-refractivity contribution >= 4 is 12.0 Å². The van der Waals surface area contributed by atoms with Crippen LogP contribution in [0.4, 0.5) is 13.2 Å². The molecule has 7 heteroatoms. The quantitative estimate of drug-likeness (QED) is 0.855. The number of hydrogen-bond acceptors (Lipinski definition) is 3. The third-order valence-corrected chi connectivity index (χ3v) is 3.54. The number of benzene rings is 2. The lowest BCUT2D eigenvalue weighted by atomic mass is 10.1. The summed E-state index contributed by atoms with van der Waals surface area (Å²) in [7, 11) is 0. The lowest BCUT2D eigenvalue weighted by Crippen LogP contribution is -2.20. The van der Waals surface area contributed by atoms with E-state index >= 15 is 0 Å². The number of carbonyl (C=O) groups is 1. The van der Waals surface area contributed by atoms with Crippen molar-refractivity contribution in [3.63, 3.8) is 0 Å². The van der Waals surface area contributed by atoms with Crippen LogP contribution in [0.15, 0.2) is 48.5 Å². The van der Waals surface area contributed by atoms with E-state index in [4.69, 9.17) is 9.47 Å². The molecule has 0 atom stereocenters. The molecule has 0 fully saturated rings. The molecule has 1 amide bonds. The maximum Gasteiger partial charge on any atom is 0.416 e. The van der Waals surface area contributed by atoms with Crippen LogP contribution in [-0.2, 0) is 17.5 Å². The molecule has 1 aliphatic heterocycles. The summed E-state index contributed by atoms with van der Waals surface area (Å²) >= 11 is 0. The molecular weight excluding hydrogens is 335 g/mol. The zero-order chi connectivity index (χ0) is 17.9. The van der Waals surface area contributed by atoms with Gasteiger partial charge in [-0.1, -0.05) is 18.2 Å². The highest BCUT2D eigenvalue weighted by atomic mass is 19.4. The molecule has 0 unspecified atom stereocenters. The molecule has 25 heavy (non-hydrogen) atoms. The average molecular weight is 349 g/mol. The number of fused-ring (bicyclic) bond motifs is 1. The fourth-order valence-corrected chi connectivity index (χ4v) is 2.29. The smallest absolute Gasteiger partial charge is 0.416 e. The van der Waals surface area contributed by atoms with E-state index in [0.29, 0.717) is 17.1 Å². The Bertz CT molecular complexity index is 815. The van der Waals surface area contributed by atoms with Gasteiger partial charge in [-0.15, -0.1) is 0 Å². The molecule has 3 rings (SSSR count). The van der Waals surface area contributed by atoms with E-state index < -0.39 is 17.6 Å². The molecule has 0 spiro atoms. The van der Waals surface area contributed by atoms with Crippen molar-refractivity contribution in [1.29, 1.82) is 0 Å². The fraction of sp³-hybridized carbons (Fsp3) is 0.167. The Morgan fingerprint density at radius 3 is 2.72 bits per heavy atom. The minimum Gasteiger partial charge on any atom is -0.454 e. The summed E-state index contributed by atoms with van der Waals surface area (Å²) in [4.78, 5) is 11.8. The molecule has 1 heterocycles. The summed E-state index contributed by atoms with van der Waals surface area (Å²) in [5.41, 5.74) is 0.369. The summed E-state index contributed by atoms with van der Waals surface area (Å²) in [6.45, 7) is 0.438. The molecule has 0 aliphatic carbocycles. The second-order valence-electron chi connectivity index (χ2n) is 5.36. The van der Waals surface area contributed by atoms with Crippen LogP contribution >= 0.6 is 0 Å². The predicted molar refractivity (Wildman–Crippen MR) is 84.9 cm³/mol. The van der Waals surface area contributed by atoms with Gasteiger partial charge >= 0.3 is 6.18 Å². The molecular formula is C18H14F3NO3. The van der Waals surface area contributed by atoms with Crippen LogP contribution in [-0.4, -0.2) is 12.7 Å². The Balaban J connectivity index is 1.58. The second kappa shape index (κ2) is 6.88. The van der Waals surface area contributed by atoms with Gasteiger partial charge in [0.1, 0.15) is 0 Å². The Morgan fingerprint density at radius 1 is 1.12 bits per heavy atom. The maximum atomic E-state index is 12.6. The lowest BCUT2D eigenvalue weighted by Gasteiger charge is -2.06. The van der Waals surface area contributed by atoms with E-state index in [-0.39, 0.29) is 13.3 Å². The largest absolute Gasteiger partial charge is 0.454 e. The highest BCUT2D eigenvalue weighted by Crippen LogP contribution is 2.32. The number of carbonyl (C=O) groups excluding carboxylic acids is 1. The van der Waals surface area contributed by atoms with Gasteiger partial charge in [0.25, 0.3) is 0 Å². The third-order valence-electron chi connectivity index (χ3n) is 3.54. The minimum atomic E-state index is -4.41. The van der Waals surface area contributed by atoms with Gasteiger partial charge in [-0.25, -0.2) is 0 Å². The van der Waals surface area contributed by atoms with E-state index in [1.807, 2.05) is 0 Å². The lowest BCUT2D eigenvalue weighted by molar-refractivity contribution is -0.137. The molecule has 0 bridgehead atoms. The predicted octanol–water partition coefficient (Wildman–Crippen LogP) is 3.76. The number of hydrogen-bond donors (Lipinski definition) is 1. The average Bonchev–Trinajstić information content (AvgIpc) is 3.05. The molecule has 0 saturated heterocycles. The van der Waals surface area contributed by atoms with Gasteiger partial charge in [-0.3, -0.25) is 4.79 Å². The standard InChI is InChI=1S/C18H14F3NO3/c19-18(20,21)14-3-1-2-12(8-14)5-7-17(23)22-10-13-4-6-15-16(9-13)25-11-24-15/h1-9H,10-11H2,(H,22,23)/b7-5+. The van der Waals surface area contributed by atoms with Crippen LogP contribution in [0.1, 0.15) is 16.7 Å². The monoisotopic (exact) mass is 349 g/mol. The Morgan fingerprint density at radius 2 is 1.92 bits per heavy atom. The molecule has 0 aromatic heterocycles. The molecule has 0 radical (unpaired) electrons. The summed E-state index contributed by atoms with van der Waals surface area (Å²) < 4.78 is 48.4. The summed E-state index contributed by atoms with van der Waals surface area (Å²) in [5.74, 6) is 0.862. The molecule has 1 N–H and O–H groups in total. The molecule has 0 saturated carbocycles. The number of amides is 1. The first-order chi connectivity index (χ1) is 11.9. The Kier molecular flexibility index (Phi) is 4.65. The van der Waals surface area contributed by atoms with Crippen molar-refractivity contribution < 1.29 is 27.4 Å². The SMILES string of the molecule is O=C(/C=C/c1cccc(C(F)(F)F)c1)NCc1ccc2c(c1)OCO2. The normalized spacial score (nSPS) is 13.2. The minimum absolute atomic E-state index is 0.172. The fourth-order valence-electron chi connectivity index (χ4n) is 2.29.